The number of amides is 2. The smallest absolute Gasteiger partial charge is 0.251 e. The summed E-state index contributed by atoms with van der Waals surface area (Å²) < 4.78 is 42.8. The van der Waals surface area contributed by atoms with E-state index in [9.17, 15) is 22.6 Å². The van der Waals surface area contributed by atoms with Gasteiger partial charge < -0.3 is 19.9 Å². The van der Waals surface area contributed by atoms with Gasteiger partial charge in [-0.05, 0) is 49.4 Å². The van der Waals surface area contributed by atoms with Gasteiger partial charge in [0.1, 0.15) is 27.7 Å². The van der Waals surface area contributed by atoms with Crippen molar-refractivity contribution in [2.45, 2.75) is 23.8 Å². The molecule has 0 fully saturated rings. The lowest BCUT2D eigenvalue weighted by molar-refractivity contribution is -0.118. The number of hydrogen-bond acceptors (Lipinski definition) is 7. The third kappa shape index (κ3) is 4.53. The minimum absolute atomic E-state index is 0.244. The van der Waals surface area contributed by atoms with Gasteiger partial charge in [-0.15, -0.1) is 0 Å². The molecule has 1 aliphatic rings. The summed E-state index contributed by atoms with van der Waals surface area (Å²) in [6.07, 6.45) is 0. The van der Waals surface area contributed by atoms with Crippen LogP contribution in [0.25, 0.3) is 5.69 Å². The molecule has 38 heavy (non-hydrogen) atoms. The van der Waals surface area contributed by atoms with Crippen LogP contribution in [0.15, 0.2) is 83.8 Å². The van der Waals surface area contributed by atoms with Gasteiger partial charge in [0.05, 0.1) is 23.4 Å². The Morgan fingerprint density at radius 1 is 1.05 bits per heavy atom. The number of carbonyl (C=O) groups excluding carboxylic acids is 2. The van der Waals surface area contributed by atoms with Gasteiger partial charge in [0.25, 0.3) is 5.91 Å². The second-order valence-electron chi connectivity index (χ2n) is 8.74. The van der Waals surface area contributed by atoms with E-state index in [0.717, 1.165) is 6.07 Å². The van der Waals surface area contributed by atoms with E-state index in [-0.39, 0.29) is 11.3 Å². The lowest BCUT2D eigenvalue weighted by atomic mass is 9.81. The van der Waals surface area contributed by atoms with Crippen molar-refractivity contribution in [1.82, 2.24) is 15.1 Å². The number of aryl methyl sites for hydroxylation is 1. The molecule has 0 unspecified atom stereocenters. The highest BCUT2D eigenvalue weighted by molar-refractivity contribution is 7.85. The normalized spacial score (nSPS) is 16.9. The zero-order chi connectivity index (χ0) is 27.0. The molecule has 1 aromatic heterocycles. The Morgan fingerprint density at radius 3 is 2.34 bits per heavy atom. The van der Waals surface area contributed by atoms with Crippen LogP contribution in [0.2, 0.25) is 0 Å². The molecule has 11 heteroatoms. The molecule has 2 heterocycles. The molecule has 2 atom stereocenters. The minimum Gasteiger partial charge on any atom is -0.744 e. The summed E-state index contributed by atoms with van der Waals surface area (Å²) in [6.45, 7) is 1.75. The second kappa shape index (κ2) is 9.77. The number of hydrogen-bond donors (Lipinski definition) is 2. The SMILES string of the molecule is COc1ccc(S(=O)(=O)[O-])cc1[C@@H]1c2c(C)nn(-c3ccccc3)c2NC(=O)[C@H]1NC(=O)c1ccccc1. The number of fused-ring (bicyclic) bond motifs is 1. The van der Waals surface area contributed by atoms with Crippen LogP contribution in [0.1, 0.15) is 33.1 Å². The summed E-state index contributed by atoms with van der Waals surface area (Å²) in [5.41, 5.74) is 2.35. The fourth-order valence-corrected chi connectivity index (χ4v) is 5.22. The van der Waals surface area contributed by atoms with Crippen molar-refractivity contribution in [2.75, 3.05) is 12.4 Å². The van der Waals surface area contributed by atoms with Crippen LogP contribution in [0.3, 0.4) is 0 Å². The molecule has 0 spiro atoms. The Kier molecular flexibility index (Phi) is 6.47. The lowest BCUT2D eigenvalue weighted by Gasteiger charge is -2.33. The molecule has 3 aromatic carbocycles. The molecule has 2 amide bonds. The summed E-state index contributed by atoms with van der Waals surface area (Å²) in [5, 5.41) is 10.3. The molecule has 0 radical (unpaired) electrons. The third-order valence-corrected chi connectivity index (χ3v) is 7.25. The summed E-state index contributed by atoms with van der Waals surface area (Å²) in [7, 11) is -3.43. The van der Waals surface area contributed by atoms with Gasteiger partial charge in [-0.1, -0.05) is 36.4 Å². The summed E-state index contributed by atoms with van der Waals surface area (Å²) in [4.78, 5) is 26.3. The summed E-state index contributed by atoms with van der Waals surface area (Å²) in [5.74, 6) is -1.36. The first-order chi connectivity index (χ1) is 18.2. The van der Waals surface area contributed by atoms with Crippen LogP contribution in [-0.2, 0) is 14.9 Å². The van der Waals surface area contributed by atoms with Gasteiger partial charge in [0, 0.05) is 22.6 Å². The molecular formula is C27H23N4O6S-. The molecule has 0 saturated carbocycles. The summed E-state index contributed by atoms with van der Waals surface area (Å²) in [6, 6.07) is 20.1. The molecule has 1 aliphatic heterocycles. The Morgan fingerprint density at radius 2 is 1.71 bits per heavy atom. The minimum atomic E-state index is -4.83. The van der Waals surface area contributed by atoms with Crippen molar-refractivity contribution in [3.8, 4) is 11.4 Å². The number of ether oxygens (including phenoxy) is 1. The first-order valence-corrected chi connectivity index (χ1v) is 13.1. The van der Waals surface area contributed by atoms with Gasteiger partial charge in [0.15, 0.2) is 0 Å². The zero-order valence-corrected chi connectivity index (χ0v) is 21.2. The van der Waals surface area contributed by atoms with E-state index in [4.69, 9.17) is 4.74 Å². The molecule has 0 saturated heterocycles. The van der Waals surface area contributed by atoms with E-state index in [1.165, 1.54) is 19.2 Å². The number of anilines is 1. The Bertz CT molecular complexity index is 1640. The molecule has 194 valence electrons. The Hall–Kier alpha value is -4.48. The number of carbonyl (C=O) groups is 2. The van der Waals surface area contributed by atoms with Crippen LogP contribution in [0.5, 0.6) is 5.75 Å². The molecule has 5 rings (SSSR count). The van der Waals surface area contributed by atoms with Gasteiger partial charge in [0.2, 0.25) is 5.91 Å². The van der Waals surface area contributed by atoms with E-state index >= 15 is 0 Å². The number of methoxy groups -OCH3 is 1. The number of rotatable bonds is 6. The molecule has 2 N–H and O–H groups in total. The standard InChI is InChI=1S/C27H24N4O6S/c1-16-22-23(20-15-19(38(34,35)36)13-14-21(20)37-2)24(28-26(32)17-9-5-3-6-10-17)27(33)29-25(22)31(30-16)18-11-7-4-8-12-18/h3-15,23-24H,1-2H3,(H,28,32)(H,29,33)(H,34,35,36)/p-1/t23-,24+/m1/s1. The molecule has 10 nitrogen and oxygen atoms in total. The van der Waals surface area contributed by atoms with Crippen molar-refractivity contribution in [3.63, 3.8) is 0 Å². The van der Waals surface area contributed by atoms with Gasteiger partial charge >= 0.3 is 0 Å². The predicted octanol–water partition coefficient (Wildman–Crippen LogP) is 2.98. The molecule has 4 aromatic rings. The highest BCUT2D eigenvalue weighted by Gasteiger charge is 2.43. The van der Waals surface area contributed by atoms with Gasteiger partial charge in [-0.25, -0.2) is 13.1 Å². The highest BCUT2D eigenvalue weighted by atomic mass is 32.2. The fraction of sp³-hybridized carbons (Fsp3) is 0.148. The molecular weight excluding hydrogens is 508 g/mol. The maximum Gasteiger partial charge on any atom is 0.251 e. The largest absolute Gasteiger partial charge is 0.744 e. The van der Waals surface area contributed by atoms with Crippen LogP contribution in [0.4, 0.5) is 5.82 Å². The number of aromatic nitrogens is 2. The Balaban J connectivity index is 1.73. The quantitative estimate of drug-likeness (QED) is 0.364. The molecule has 0 bridgehead atoms. The summed E-state index contributed by atoms with van der Waals surface area (Å²) >= 11 is 0. The van der Waals surface area contributed by atoms with Crippen molar-refractivity contribution >= 4 is 27.8 Å². The number of nitrogens with zero attached hydrogens (tertiary/aromatic N) is 2. The van der Waals surface area contributed by atoms with Crippen molar-refractivity contribution in [2.24, 2.45) is 0 Å². The maximum absolute atomic E-state index is 13.6. The lowest BCUT2D eigenvalue weighted by Crippen LogP contribution is -2.50. The first-order valence-electron chi connectivity index (χ1n) is 11.6. The van der Waals surface area contributed by atoms with Crippen molar-refractivity contribution in [3.05, 3.63) is 101 Å². The van der Waals surface area contributed by atoms with E-state index in [1.807, 2.05) is 30.3 Å². The number of nitrogens with one attached hydrogen (secondary N) is 2. The van der Waals surface area contributed by atoms with Crippen molar-refractivity contribution in [1.29, 1.82) is 0 Å². The van der Waals surface area contributed by atoms with Gasteiger partial charge in [-0.3, -0.25) is 9.59 Å². The average molecular weight is 532 g/mol. The van der Waals surface area contributed by atoms with Gasteiger partial charge in [-0.2, -0.15) is 5.10 Å². The average Bonchev–Trinajstić information content (AvgIpc) is 3.24. The predicted molar refractivity (Wildman–Crippen MR) is 137 cm³/mol. The van der Waals surface area contributed by atoms with E-state index in [0.29, 0.717) is 28.3 Å². The monoisotopic (exact) mass is 531 g/mol. The van der Waals surface area contributed by atoms with Crippen LogP contribution in [-0.4, -0.2) is 47.7 Å². The van der Waals surface area contributed by atoms with Crippen LogP contribution in [0, 0.1) is 6.92 Å². The number of para-hydroxylation sites is 1. The first kappa shape index (κ1) is 25.2. The zero-order valence-electron chi connectivity index (χ0n) is 20.4. The number of benzene rings is 3. The third-order valence-electron chi connectivity index (χ3n) is 6.42. The van der Waals surface area contributed by atoms with Crippen LogP contribution < -0.4 is 15.4 Å². The van der Waals surface area contributed by atoms with E-state index in [2.05, 4.69) is 15.7 Å². The fourth-order valence-electron chi connectivity index (χ4n) is 4.71. The maximum atomic E-state index is 13.6. The van der Waals surface area contributed by atoms with Crippen molar-refractivity contribution < 1.29 is 27.3 Å². The highest BCUT2D eigenvalue weighted by Crippen LogP contribution is 2.44. The molecule has 0 aliphatic carbocycles. The Labute approximate surface area is 219 Å². The second-order valence-corrected chi connectivity index (χ2v) is 10.1. The van der Waals surface area contributed by atoms with E-state index in [1.54, 1.807) is 41.9 Å². The van der Waals surface area contributed by atoms with E-state index < -0.39 is 38.8 Å². The topological polar surface area (TPSA) is 142 Å². The van der Waals surface area contributed by atoms with Crippen LogP contribution >= 0.6 is 0 Å².